The van der Waals surface area contributed by atoms with Crippen molar-refractivity contribution in [2.45, 2.75) is 5.75 Å². The van der Waals surface area contributed by atoms with E-state index in [-0.39, 0.29) is 10.7 Å². The Balaban J connectivity index is 2.30. The molecule has 0 spiro atoms. The smallest absolute Gasteiger partial charge is 0.335 e. The summed E-state index contributed by atoms with van der Waals surface area (Å²) in [6.45, 7) is 0. The highest BCUT2D eigenvalue weighted by molar-refractivity contribution is 8.13. The Morgan fingerprint density at radius 1 is 1.59 bits per heavy atom. The van der Waals surface area contributed by atoms with Crippen molar-refractivity contribution in [1.82, 2.24) is 9.97 Å². The third-order valence-electron chi connectivity index (χ3n) is 2.14. The number of rotatable bonds is 3. The van der Waals surface area contributed by atoms with Crippen LogP contribution in [0.3, 0.4) is 0 Å². The van der Waals surface area contributed by atoms with Gasteiger partial charge in [0, 0.05) is 0 Å². The molecule has 0 aliphatic carbocycles. The van der Waals surface area contributed by atoms with Gasteiger partial charge in [-0.2, -0.15) is 0 Å². The van der Waals surface area contributed by atoms with E-state index < -0.39 is 5.97 Å². The molecule has 0 fully saturated rings. The topological polar surface area (TPSA) is 116 Å². The molecule has 7 heteroatoms. The van der Waals surface area contributed by atoms with Gasteiger partial charge in [-0.25, -0.2) is 9.78 Å². The molecule has 1 heterocycles. The van der Waals surface area contributed by atoms with Crippen LogP contribution in [0, 0.1) is 5.41 Å². The number of amidine groups is 1. The van der Waals surface area contributed by atoms with E-state index in [2.05, 4.69) is 9.97 Å². The predicted molar refractivity (Wildman–Crippen MR) is 66.3 cm³/mol. The van der Waals surface area contributed by atoms with Crippen molar-refractivity contribution < 1.29 is 9.90 Å². The summed E-state index contributed by atoms with van der Waals surface area (Å²) >= 11 is 1.16. The highest BCUT2D eigenvalue weighted by Crippen LogP contribution is 2.16. The van der Waals surface area contributed by atoms with Gasteiger partial charge in [-0.3, -0.25) is 5.41 Å². The molecule has 6 nitrogen and oxygen atoms in total. The van der Waals surface area contributed by atoms with Gasteiger partial charge in [-0.1, -0.05) is 11.8 Å². The maximum Gasteiger partial charge on any atom is 0.335 e. The summed E-state index contributed by atoms with van der Waals surface area (Å²) in [5.41, 5.74) is 6.81. The number of fused-ring (bicyclic) bond motifs is 1. The van der Waals surface area contributed by atoms with Gasteiger partial charge in [0.2, 0.25) is 0 Å². The van der Waals surface area contributed by atoms with E-state index in [1.807, 2.05) is 0 Å². The van der Waals surface area contributed by atoms with Crippen molar-refractivity contribution in [1.29, 1.82) is 5.41 Å². The second kappa shape index (κ2) is 4.46. The number of benzene rings is 1. The van der Waals surface area contributed by atoms with Gasteiger partial charge < -0.3 is 15.8 Å². The number of H-pyrrole nitrogens is 1. The molecule has 17 heavy (non-hydrogen) atoms. The van der Waals surface area contributed by atoms with E-state index in [4.69, 9.17) is 16.2 Å². The van der Waals surface area contributed by atoms with E-state index in [1.54, 1.807) is 6.07 Å². The molecule has 0 bridgehead atoms. The van der Waals surface area contributed by atoms with Gasteiger partial charge in [0.15, 0.2) is 5.17 Å². The number of imidazole rings is 1. The molecular weight excluding hydrogens is 240 g/mol. The zero-order valence-corrected chi connectivity index (χ0v) is 9.54. The van der Waals surface area contributed by atoms with Crippen LogP contribution in [-0.2, 0) is 5.75 Å². The largest absolute Gasteiger partial charge is 0.478 e. The highest BCUT2D eigenvalue weighted by atomic mass is 32.2. The number of carboxylic acids is 1. The van der Waals surface area contributed by atoms with Crippen molar-refractivity contribution in [2.24, 2.45) is 5.73 Å². The minimum atomic E-state index is -0.971. The lowest BCUT2D eigenvalue weighted by atomic mass is 10.2. The Morgan fingerprint density at radius 3 is 3.00 bits per heavy atom. The average molecular weight is 250 g/mol. The quantitative estimate of drug-likeness (QED) is 0.485. The maximum absolute atomic E-state index is 10.8. The molecule has 1 aromatic carbocycles. The molecular formula is C10H10N4O2S. The molecule has 0 aliphatic rings. The van der Waals surface area contributed by atoms with Crippen LogP contribution in [0.4, 0.5) is 0 Å². The van der Waals surface area contributed by atoms with Crippen molar-refractivity contribution in [3.05, 3.63) is 29.6 Å². The highest BCUT2D eigenvalue weighted by Gasteiger charge is 2.07. The van der Waals surface area contributed by atoms with Crippen LogP contribution in [0.1, 0.15) is 16.2 Å². The summed E-state index contributed by atoms with van der Waals surface area (Å²) in [5.74, 6) is 0.163. The number of hydrogen-bond acceptors (Lipinski definition) is 4. The average Bonchev–Trinajstić information content (AvgIpc) is 2.67. The number of nitrogens with two attached hydrogens (primary N) is 1. The predicted octanol–water partition coefficient (Wildman–Crippen LogP) is 1.39. The second-order valence-corrected chi connectivity index (χ2v) is 4.39. The van der Waals surface area contributed by atoms with E-state index in [9.17, 15) is 4.79 Å². The summed E-state index contributed by atoms with van der Waals surface area (Å²) < 4.78 is 0. The fourth-order valence-corrected chi connectivity index (χ4v) is 1.84. The summed E-state index contributed by atoms with van der Waals surface area (Å²) in [4.78, 5) is 18.0. The second-order valence-electron chi connectivity index (χ2n) is 3.37. The summed E-state index contributed by atoms with van der Waals surface area (Å²) in [6, 6.07) is 4.69. The first kappa shape index (κ1) is 11.5. The van der Waals surface area contributed by atoms with Crippen molar-refractivity contribution in [3.63, 3.8) is 0 Å². The Morgan fingerprint density at radius 2 is 2.35 bits per heavy atom. The zero-order chi connectivity index (χ0) is 12.4. The third kappa shape index (κ3) is 2.56. The number of carbonyl (C=O) groups is 1. The van der Waals surface area contributed by atoms with Gasteiger partial charge in [0.25, 0.3) is 0 Å². The number of carboxylic acid groups (broad SMARTS) is 1. The minimum Gasteiger partial charge on any atom is -0.478 e. The van der Waals surface area contributed by atoms with Gasteiger partial charge in [0.1, 0.15) is 5.82 Å². The lowest BCUT2D eigenvalue weighted by molar-refractivity contribution is 0.0697. The van der Waals surface area contributed by atoms with E-state index >= 15 is 0 Å². The molecule has 0 unspecified atom stereocenters. The SMILES string of the molecule is N=C(N)SCc1nc2ccc(C(=O)O)cc2[nH]1. The Labute approximate surface area is 101 Å². The standard InChI is InChI=1S/C10H10N4O2S/c11-10(12)17-4-8-13-6-2-1-5(9(15)16)3-7(6)14-8/h1-3H,4H2,(H3,11,12)(H,13,14)(H,15,16). The normalized spacial score (nSPS) is 10.6. The maximum atomic E-state index is 10.8. The molecule has 2 rings (SSSR count). The molecule has 0 saturated carbocycles. The molecule has 2 aromatic rings. The van der Waals surface area contributed by atoms with Crippen LogP contribution in [0.2, 0.25) is 0 Å². The van der Waals surface area contributed by atoms with Gasteiger partial charge in [-0.15, -0.1) is 0 Å². The van der Waals surface area contributed by atoms with E-state index in [0.29, 0.717) is 22.6 Å². The first-order valence-corrected chi connectivity index (χ1v) is 5.73. The fraction of sp³-hybridized carbons (Fsp3) is 0.100. The van der Waals surface area contributed by atoms with Crippen LogP contribution < -0.4 is 5.73 Å². The number of hydrogen-bond donors (Lipinski definition) is 4. The molecule has 0 aliphatic heterocycles. The van der Waals surface area contributed by atoms with Crippen molar-refractivity contribution >= 4 is 33.9 Å². The lowest BCUT2D eigenvalue weighted by Gasteiger charge is -1.93. The van der Waals surface area contributed by atoms with Crippen LogP contribution in [0.25, 0.3) is 11.0 Å². The molecule has 0 radical (unpaired) electrons. The number of thioether (sulfide) groups is 1. The van der Waals surface area contributed by atoms with Crippen molar-refractivity contribution in [2.75, 3.05) is 0 Å². The summed E-state index contributed by atoms with van der Waals surface area (Å²) in [7, 11) is 0. The third-order valence-corrected chi connectivity index (χ3v) is 2.87. The van der Waals surface area contributed by atoms with Gasteiger partial charge in [0.05, 0.1) is 22.3 Å². The molecule has 5 N–H and O–H groups in total. The van der Waals surface area contributed by atoms with Crippen LogP contribution in [0.15, 0.2) is 18.2 Å². The van der Waals surface area contributed by atoms with Gasteiger partial charge >= 0.3 is 5.97 Å². The van der Waals surface area contributed by atoms with E-state index in [1.165, 1.54) is 12.1 Å². The lowest BCUT2D eigenvalue weighted by Crippen LogP contribution is -2.04. The summed E-state index contributed by atoms with van der Waals surface area (Å²) in [6.07, 6.45) is 0. The van der Waals surface area contributed by atoms with E-state index in [0.717, 1.165) is 11.8 Å². The first-order valence-electron chi connectivity index (χ1n) is 4.75. The number of aromatic amines is 1. The van der Waals surface area contributed by atoms with Crippen LogP contribution >= 0.6 is 11.8 Å². The molecule has 88 valence electrons. The monoisotopic (exact) mass is 250 g/mol. The molecule has 0 saturated heterocycles. The zero-order valence-electron chi connectivity index (χ0n) is 8.73. The summed E-state index contributed by atoms with van der Waals surface area (Å²) in [5, 5.41) is 16.0. The number of nitrogens with one attached hydrogen (secondary N) is 2. The first-order chi connectivity index (χ1) is 8.06. The van der Waals surface area contributed by atoms with Crippen LogP contribution in [-0.4, -0.2) is 26.2 Å². The van der Waals surface area contributed by atoms with Gasteiger partial charge in [-0.05, 0) is 18.2 Å². The Bertz CT molecular complexity index is 593. The molecule has 0 amide bonds. The Kier molecular flexibility index (Phi) is 3.01. The number of nitrogens with zero attached hydrogens (tertiary/aromatic N) is 1. The molecule has 0 atom stereocenters. The van der Waals surface area contributed by atoms with Crippen molar-refractivity contribution in [3.8, 4) is 0 Å². The number of aromatic carboxylic acids is 1. The fourth-order valence-electron chi connectivity index (χ4n) is 1.41. The molecule has 1 aromatic heterocycles. The Hall–Kier alpha value is -2.02. The minimum absolute atomic E-state index is 0.0247. The van der Waals surface area contributed by atoms with Crippen LogP contribution in [0.5, 0.6) is 0 Å². The number of aromatic nitrogens is 2.